The van der Waals surface area contributed by atoms with E-state index in [1.165, 1.54) is 0 Å². The van der Waals surface area contributed by atoms with Crippen molar-refractivity contribution in [2.24, 2.45) is 0 Å². The summed E-state index contributed by atoms with van der Waals surface area (Å²) in [7, 11) is 1.86. The number of likely N-dealkylation sites (N-methyl/N-ethyl adjacent to an activating group) is 1. The van der Waals surface area contributed by atoms with Crippen LogP contribution in [0.1, 0.15) is 12.8 Å². The maximum Gasteiger partial charge on any atom is 0.322 e. The number of rotatable bonds is 5. The molecule has 1 saturated heterocycles. The highest BCUT2D eigenvalue weighted by Gasteiger charge is 2.27. The molecule has 0 radical (unpaired) electrons. The smallest absolute Gasteiger partial charge is 0.322 e. The molecule has 1 heterocycles. The van der Waals surface area contributed by atoms with Crippen LogP contribution in [0, 0.1) is 0 Å². The van der Waals surface area contributed by atoms with E-state index in [1.807, 2.05) is 11.9 Å². The predicted octanol–water partition coefficient (Wildman–Crippen LogP) is -1.60. The number of carbonyl (C=O) groups is 3. The van der Waals surface area contributed by atoms with Gasteiger partial charge < -0.3 is 15.7 Å². The summed E-state index contributed by atoms with van der Waals surface area (Å²) in [5.41, 5.74) is 0. The minimum Gasteiger partial charge on any atom is -0.480 e. The van der Waals surface area contributed by atoms with Crippen molar-refractivity contribution >= 4 is 17.8 Å². The van der Waals surface area contributed by atoms with Crippen molar-refractivity contribution in [3.05, 3.63) is 0 Å². The highest BCUT2D eigenvalue weighted by atomic mass is 16.4. The molecule has 1 rings (SSSR count). The Morgan fingerprint density at radius 2 is 2.00 bits per heavy atom. The number of nitrogens with one attached hydrogen (secondary N) is 2. The van der Waals surface area contributed by atoms with Crippen molar-refractivity contribution in [1.82, 2.24) is 15.5 Å². The van der Waals surface area contributed by atoms with Crippen LogP contribution in [0.3, 0.4) is 0 Å². The van der Waals surface area contributed by atoms with E-state index in [0.29, 0.717) is 0 Å². The fourth-order valence-electron chi connectivity index (χ4n) is 1.76. The van der Waals surface area contributed by atoms with Gasteiger partial charge in [0.15, 0.2) is 0 Å². The highest BCUT2D eigenvalue weighted by Crippen LogP contribution is 2.14. The molecule has 0 saturated carbocycles. The quantitative estimate of drug-likeness (QED) is 0.540. The van der Waals surface area contributed by atoms with Gasteiger partial charge in [-0.05, 0) is 26.4 Å². The van der Waals surface area contributed by atoms with Crippen molar-refractivity contribution in [3.8, 4) is 0 Å². The van der Waals surface area contributed by atoms with Gasteiger partial charge in [0.05, 0.1) is 12.6 Å². The molecule has 0 aromatic rings. The van der Waals surface area contributed by atoms with Gasteiger partial charge in [-0.3, -0.25) is 19.3 Å². The Hall–Kier alpha value is -1.63. The fraction of sp³-hybridized carbons (Fsp3) is 0.700. The first kappa shape index (κ1) is 13.4. The van der Waals surface area contributed by atoms with Gasteiger partial charge in [0.25, 0.3) is 0 Å². The summed E-state index contributed by atoms with van der Waals surface area (Å²) in [5.74, 6) is -1.79. The number of likely N-dealkylation sites (tertiary alicyclic amines) is 1. The van der Waals surface area contributed by atoms with Crippen molar-refractivity contribution in [1.29, 1.82) is 0 Å². The summed E-state index contributed by atoms with van der Waals surface area (Å²) in [4.78, 5) is 34.9. The molecule has 7 nitrogen and oxygen atoms in total. The Labute approximate surface area is 99.2 Å². The van der Waals surface area contributed by atoms with Crippen LogP contribution in [0.2, 0.25) is 0 Å². The number of amides is 2. The Kier molecular flexibility index (Phi) is 4.89. The third-order valence-corrected chi connectivity index (χ3v) is 2.68. The third-order valence-electron chi connectivity index (χ3n) is 2.68. The van der Waals surface area contributed by atoms with E-state index in [2.05, 4.69) is 10.6 Å². The predicted molar refractivity (Wildman–Crippen MR) is 59.3 cm³/mol. The van der Waals surface area contributed by atoms with E-state index in [0.717, 1.165) is 19.4 Å². The fourth-order valence-corrected chi connectivity index (χ4v) is 1.76. The third kappa shape index (κ3) is 4.39. The lowest BCUT2D eigenvalue weighted by molar-refractivity contribution is -0.137. The summed E-state index contributed by atoms with van der Waals surface area (Å²) in [6.45, 7) is 0.262. The van der Waals surface area contributed by atoms with Gasteiger partial charge in [0.1, 0.15) is 6.54 Å². The number of carboxylic acid groups (broad SMARTS) is 1. The van der Waals surface area contributed by atoms with Crippen molar-refractivity contribution in [3.63, 3.8) is 0 Å². The second-order valence-electron chi connectivity index (χ2n) is 4.03. The first-order valence-corrected chi connectivity index (χ1v) is 5.47. The van der Waals surface area contributed by atoms with E-state index in [4.69, 9.17) is 5.11 Å². The van der Waals surface area contributed by atoms with Crippen LogP contribution in [0.5, 0.6) is 0 Å². The molecule has 1 atom stereocenters. The van der Waals surface area contributed by atoms with Gasteiger partial charge in [-0.1, -0.05) is 0 Å². The maximum atomic E-state index is 11.6. The van der Waals surface area contributed by atoms with E-state index < -0.39 is 18.4 Å². The average Bonchev–Trinajstić information content (AvgIpc) is 2.69. The topological polar surface area (TPSA) is 98.7 Å². The van der Waals surface area contributed by atoms with Gasteiger partial charge >= 0.3 is 5.97 Å². The lowest BCUT2D eigenvalue weighted by Crippen LogP contribution is -2.45. The normalized spacial score (nSPS) is 19.9. The Balaban J connectivity index is 2.23. The first-order valence-electron chi connectivity index (χ1n) is 5.47. The van der Waals surface area contributed by atoms with Gasteiger partial charge in [-0.15, -0.1) is 0 Å². The summed E-state index contributed by atoms with van der Waals surface area (Å²) in [6.07, 6.45) is 1.76. The summed E-state index contributed by atoms with van der Waals surface area (Å²) >= 11 is 0. The highest BCUT2D eigenvalue weighted by molar-refractivity contribution is 5.88. The minimum atomic E-state index is -1.11. The van der Waals surface area contributed by atoms with Crippen molar-refractivity contribution < 1.29 is 19.5 Å². The van der Waals surface area contributed by atoms with Gasteiger partial charge in [-0.25, -0.2) is 0 Å². The Morgan fingerprint density at radius 3 is 2.53 bits per heavy atom. The maximum absolute atomic E-state index is 11.6. The lowest BCUT2D eigenvalue weighted by atomic mass is 10.2. The van der Waals surface area contributed by atoms with E-state index >= 15 is 0 Å². The molecule has 0 bridgehead atoms. The zero-order chi connectivity index (χ0) is 12.8. The van der Waals surface area contributed by atoms with Crippen LogP contribution in [0.15, 0.2) is 0 Å². The second kappa shape index (κ2) is 6.19. The summed E-state index contributed by atoms with van der Waals surface area (Å²) < 4.78 is 0. The number of aliphatic carboxylic acids is 1. The van der Waals surface area contributed by atoms with Crippen LogP contribution < -0.4 is 10.6 Å². The van der Waals surface area contributed by atoms with Gasteiger partial charge in [-0.2, -0.15) is 0 Å². The van der Waals surface area contributed by atoms with E-state index in [1.54, 1.807) is 0 Å². The van der Waals surface area contributed by atoms with Crippen molar-refractivity contribution in [2.45, 2.75) is 18.9 Å². The molecule has 0 spiro atoms. The Morgan fingerprint density at radius 1 is 1.29 bits per heavy atom. The van der Waals surface area contributed by atoms with E-state index in [-0.39, 0.29) is 18.5 Å². The molecule has 1 aliphatic heterocycles. The minimum absolute atomic E-state index is 0.178. The van der Waals surface area contributed by atoms with E-state index in [9.17, 15) is 14.4 Å². The molecule has 1 aliphatic rings. The molecule has 0 aliphatic carbocycles. The van der Waals surface area contributed by atoms with Crippen LogP contribution in [-0.2, 0) is 14.4 Å². The Bertz CT molecular complexity index is 319. The molecule has 96 valence electrons. The van der Waals surface area contributed by atoms with Crippen LogP contribution in [0.25, 0.3) is 0 Å². The summed E-state index contributed by atoms with van der Waals surface area (Å²) in [5, 5.41) is 13.0. The number of carbonyl (C=O) groups excluding carboxylic acids is 2. The average molecular weight is 243 g/mol. The lowest BCUT2D eigenvalue weighted by Gasteiger charge is -2.18. The number of hydrogen-bond donors (Lipinski definition) is 3. The van der Waals surface area contributed by atoms with Crippen molar-refractivity contribution in [2.75, 3.05) is 26.7 Å². The zero-order valence-electron chi connectivity index (χ0n) is 9.73. The molecule has 0 aromatic heterocycles. The SMILES string of the molecule is CN1CCCC1C(=O)NCC(=O)NCC(=O)O. The summed E-state index contributed by atoms with van der Waals surface area (Å²) in [6, 6.07) is -0.178. The molecule has 2 amide bonds. The van der Waals surface area contributed by atoms with Gasteiger partial charge in [0, 0.05) is 0 Å². The van der Waals surface area contributed by atoms with Crippen LogP contribution in [-0.4, -0.2) is 60.5 Å². The van der Waals surface area contributed by atoms with Gasteiger partial charge in [0.2, 0.25) is 11.8 Å². The van der Waals surface area contributed by atoms with Crippen LogP contribution in [0.4, 0.5) is 0 Å². The number of carboxylic acids is 1. The first-order chi connectivity index (χ1) is 8.00. The molecule has 3 N–H and O–H groups in total. The number of nitrogens with zero attached hydrogens (tertiary/aromatic N) is 1. The second-order valence-corrected chi connectivity index (χ2v) is 4.03. The zero-order valence-corrected chi connectivity index (χ0v) is 9.73. The standard InChI is InChI=1S/C10H17N3O4/c1-13-4-2-3-7(13)10(17)12-5-8(14)11-6-9(15)16/h7H,2-6H2,1H3,(H,11,14)(H,12,17)(H,15,16). The molecule has 17 heavy (non-hydrogen) atoms. The molecule has 1 fully saturated rings. The molecule has 7 heteroatoms. The molecular weight excluding hydrogens is 226 g/mol. The largest absolute Gasteiger partial charge is 0.480 e. The molecule has 0 aromatic carbocycles. The molecule has 1 unspecified atom stereocenters. The number of hydrogen-bond acceptors (Lipinski definition) is 4. The molecular formula is C10H17N3O4. The monoisotopic (exact) mass is 243 g/mol. The van der Waals surface area contributed by atoms with Crippen LogP contribution >= 0.6 is 0 Å².